The molecule has 2 heterocycles. The van der Waals surface area contributed by atoms with Gasteiger partial charge in [-0.05, 0) is 46.5 Å². The Bertz CT molecular complexity index is 928. The first-order chi connectivity index (χ1) is 17.8. The Morgan fingerprint density at radius 1 is 0.842 bits per heavy atom. The van der Waals surface area contributed by atoms with Gasteiger partial charge in [0.25, 0.3) is 0 Å². The second kappa shape index (κ2) is 13.5. The van der Waals surface area contributed by atoms with Crippen LogP contribution in [-0.2, 0) is 28.8 Å². The highest BCUT2D eigenvalue weighted by molar-refractivity contribution is 5.96. The van der Waals surface area contributed by atoms with E-state index < -0.39 is 78.4 Å². The fraction of sp³-hybridized carbons (Fsp3) is 0.750. The Labute approximate surface area is 221 Å². The summed E-state index contributed by atoms with van der Waals surface area (Å²) in [7, 11) is 0. The molecule has 2 aliphatic heterocycles. The van der Waals surface area contributed by atoms with E-state index in [9.17, 15) is 33.9 Å². The van der Waals surface area contributed by atoms with Crippen LogP contribution >= 0.6 is 0 Å². The molecule has 214 valence electrons. The van der Waals surface area contributed by atoms with E-state index in [1.807, 2.05) is 0 Å². The van der Waals surface area contributed by atoms with E-state index in [0.29, 0.717) is 32.2 Å². The molecule has 2 aliphatic rings. The first-order valence-corrected chi connectivity index (χ1v) is 12.9. The van der Waals surface area contributed by atoms with E-state index >= 15 is 0 Å². The van der Waals surface area contributed by atoms with Gasteiger partial charge in [-0.2, -0.15) is 0 Å². The zero-order chi connectivity index (χ0) is 28.7. The monoisotopic (exact) mass is 540 g/mol. The van der Waals surface area contributed by atoms with Crippen LogP contribution < -0.4 is 21.7 Å². The molecule has 0 bridgehead atoms. The third kappa shape index (κ3) is 7.40. The molecule has 0 aromatic heterocycles. The Morgan fingerprint density at radius 2 is 1.42 bits per heavy atom. The van der Waals surface area contributed by atoms with Crippen molar-refractivity contribution in [3.05, 3.63) is 0 Å². The van der Waals surface area contributed by atoms with Gasteiger partial charge in [-0.1, -0.05) is 6.92 Å². The predicted octanol–water partition coefficient (Wildman–Crippen LogP) is -3.04. The smallest absolute Gasteiger partial charge is 0.246 e. The molecular formula is C24H40N6O8. The first-order valence-electron chi connectivity index (χ1n) is 12.9. The second-order valence-electron chi connectivity index (χ2n) is 10.1. The molecule has 14 heteroatoms. The third-order valence-electron chi connectivity index (χ3n) is 6.96. The Hall–Kier alpha value is -3.26. The third-order valence-corrected chi connectivity index (χ3v) is 6.96. The summed E-state index contributed by atoms with van der Waals surface area (Å²) in [5.74, 6) is -4.30. The van der Waals surface area contributed by atoms with Crippen LogP contribution in [0.25, 0.3) is 0 Å². The van der Waals surface area contributed by atoms with Gasteiger partial charge in [-0.25, -0.2) is 0 Å². The maximum absolute atomic E-state index is 13.4. The molecule has 0 spiro atoms. The van der Waals surface area contributed by atoms with Gasteiger partial charge < -0.3 is 41.7 Å². The normalized spacial score (nSPS) is 23.1. The van der Waals surface area contributed by atoms with Crippen molar-refractivity contribution in [2.75, 3.05) is 19.7 Å². The zero-order valence-corrected chi connectivity index (χ0v) is 22.3. The van der Waals surface area contributed by atoms with E-state index in [2.05, 4.69) is 16.0 Å². The number of nitrogens with one attached hydrogen (secondary N) is 3. The van der Waals surface area contributed by atoms with E-state index in [1.165, 1.54) is 37.5 Å². The molecule has 7 unspecified atom stereocenters. The number of amides is 6. The number of likely N-dealkylation sites (tertiary alicyclic amines) is 2. The molecule has 0 aromatic carbocycles. The first kappa shape index (κ1) is 31.0. The van der Waals surface area contributed by atoms with Crippen LogP contribution in [0.15, 0.2) is 0 Å². The number of hydrogen-bond acceptors (Lipinski definition) is 8. The topological polar surface area (TPSA) is 211 Å². The molecule has 2 saturated heterocycles. The van der Waals surface area contributed by atoms with E-state index in [0.717, 1.165) is 0 Å². The number of nitrogens with zero attached hydrogens (tertiary/aromatic N) is 2. The van der Waals surface area contributed by atoms with Crippen LogP contribution in [0.4, 0.5) is 0 Å². The lowest BCUT2D eigenvalue weighted by Crippen LogP contribution is -2.59. The highest BCUT2D eigenvalue weighted by Crippen LogP contribution is 2.25. The average Bonchev–Trinajstić information content (AvgIpc) is 3.55. The van der Waals surface area contributed by atoms with E-state index in [1.54, 1.807) is 0 Å². The van der Waals surface area contributed by atoms with Crippen molar-refractivity contribution in [1.82, 2.24) is 25.8 Å². The van der Waals surface area contributed by atoms with Crippen LogP contribution in [0.3, 0.4) is 0 Å². The van der Waals surface area contributed by atoms with Crippen molar-refractivity contribution < 1.29 is 39.0 Å². The van der Waals surface area contributed by atoms with Crippen molar-refractivity contribution in [2.24, 2.45) is 11.7 Å². The van der Waals surface area contributed by atoms with Crippen molar-refractivity contribution in [1.29, 1.82) is 0 Å². The number of aliphatic hydroxyl groups is 2. The quantitative estimate of drug-likeness (QED) is 0.158. The summed E-state index contributed by atoms with van der Waals surface area (Å²) in [6, 6.07) is -4.92. The van der Waals surface area contributed by atoms with Crippen LogP contribution in [-0.4, -0.2) is 111 Å². The van der Waals surface area contributed by atoms with Crippen molar-refractivity contribution >= 4 is 35.4 Å². The SMILES string of the molecule is CC(CO)C(=O)NC(C(=O)NC(C)C(=O)N1CCCC1C(=O)N1CCCC1C(=O)NC(C)C(N)=O)C(C)O. The molecule has 0 aromatic rings. The Morgan fingerprint density at radius 3 is 1.97 bits per heavy atom. The summed E-state index contributed by atoms with van der Waals surface area (Å²) in [6.45, 7) is 5.82. The van der Waals surface area contributed by atoms with Crippen LogP contribution in [0.5, 0.6) is 0 Å². The largest absolute Gasteiger partial charge is 0.396 e. The average molecular weight is 541 g/mol. The number of primary amides is 1. The predicted molar refractivity (Wildman–Crippen MR) is 134 cm³/mol. The Kier molecular flexibility index (Phi) is 11.0. The lowest BCUT2D eigenvalue weighted by molar-refractivity contribution is -0.148. The molecule has 2 fully saturated rings. The van der Waals surface area contributed by atoms with Crippen molar-refractivity contribution in [3.63, 3.8) is 0 Å². The number of hydrogen-bond donors (Lipinski definition) is 6. The number of rotatable bonds is 11. The van der Waals surface area contributed by atoms with Gasteiger partial charge in [-0.15, -0.1) is 0 Å². The van der Waals surface area contributed by atoms with Crippen molar-refractivity contribution in [2.45, 2.75) is 89.7 Å². The molecule has 0 saturated carbocycles. The minimum Gasteiger partial charge on any atom is -0.396 e. The second-order valence-corrected chi connectivity index (χ2v) is 10.1. The highest BCUT2D eigenvalue weighted by Gasteiger charge is 2.43. The Balaban J connectivity index is 2.07. The van der Waals surface area contributed by atoms with Gasteiger partial charge in [-0.3, -0.25) is 28.8 Å². The number of carbonyl (C=O) groups excluding carboxylic acids is 6. The summed E-state index contributed by atoms with van der Waals surface area (Å²) < 4.78 is 0. The summed E-state index contributed by atoms with van der Waals surface area (Å²) in [5.41, 5.74) is 5.22. The summed E-state index contributed by atoms with van der Waals surface area (Å²) in [6.07, 6.45) is 0.668. The molecular weight excluding hydrogens is 500 g/mol. The lowest BCUT2D eigenvalue weighted by Gasteiger charge is -2.33. The molecule has 14 nitrogen and oxygen atoms in total. The molecule has 2 rings (SSSR count). The number of aliphatic hydroxyl groups excluding tert-OH is 2. The van der Waals surface area contributed by atoms with E-state index in [-0.39, 0.29) is 12.5 Å². The summed E-state index contributed by atoms with van der Waals surface area (Å²) in [4.78, 5) is 78.3. The minimum atomic E-state index is -1.35. The standard InChI is InChI=1S/C24H40N6O8/c1-12(11-31)20(34)28-18(15(4)32)22(36)27-14(3)23(37)30-10-6-8-17(30)24(38)29-9-5-7-16(29)21(35)26-13(2)19(25)33/h12-18,31-32H,5-11H2,1-4H3,(H2,25,33)(H,26,35)(H,27,36)(H,28,34). The minimum absolute atomic E-state index is 0.281. The maximum atomic E-state index is 13.4. The molecule has 0 aliphatic carbocycles. The fourth-order valence-corrected chi connectivity index (χ4v) is 4.56. The number of nitrogens with two attached hydrogens (primary N) is 1. The van der Waals surface area contributed by atoms with Crippen LogP contribution in [0.2, 0.25) is 0 Å². The number of carbonyl (C=O) groups is 6. The van der Waals surface area contributed by atoms with Gasteiger partial charge in [0.1, 0.15) is 30.2 Å². The van der Waals surface area contributed by atoms with E-state index in [4.69, 9.17) is 10.8 Å². The molecule has 7 N–H and O–H groups in total. The van der Waals surface area contributed by atoms with Gasteiger partial charge in [0.15, 0.2) is 0 Å². The molecule has 6 amide bonds. The lowest BCUT2D eigenvalue weighted by atomic mass is 10.1. The zero-order valence-electron chi connectivity index (χ0n) is 22.3. The van der Waals surface area contributed by atoms with Gasteiger partial charge in [0, 0.05) is 13.1 Å². The van der Waals surface area contributed by atoms with Crippen LogP contribution in [0, 0.1) is 5.92 Å². The highest BCUT2D eigenvalue weighted by atomic mass is 16.3. The van der Waals surface area contributed by atoms with Gasteiger partial charge >= 0.3 is 0 Å². The molecule has 38 heavy (non-hydrogen) atoms. The van der Waals surface area contributed by atoms with Crippen LogP contribution in [0.1, 0.15) is 53.4 Å². The van der Waals surface area contributed by atoms with Gasteiger partial charge in [0.05, 0.1) is 18.6 Å². The summed E-state index contributed by atoms with van der Waals surface area (Å²) in [5, 5.41) is 26.5. The summed E-state index contributed by atoms with van der Waals surface area (Å²) >= 11 is 0. The van der Waals surface area contributed by atoms with Gasteiger partial charge in [0.2, 0.25) is 35.4 Å². The van der Waals surface area contributed by atoms with Crippen molar-refractivity contribution in [3.8, 4) is 0 Å². The maximum Gasteiger partial charge on any atom is 0.246 e. The molecule has 7 atom stereocenters. The fourth-order valence-electron chi connectivity index (χ4n) is 4.56. The molecule has 0 radical (unpaired) electrons.